The molecule has 0 bridgehead atoms. The Labute approximate surface area is 133 Å². The van der Waals surface area contributed by atoms with Gasteiger partial charge in [-0.25, -0.2) is 4.39 Å². The fourth-order valence-corrected chi connectivity index (χ4v) is 2.37. The second-order valence-corrected chi connectivity index (χ2v) is 5.82. The number of benzene rings is 2. The molecule has 2 aromatic rings. The molecule has 0 aliphatic carbocycles. The van der Waals surface area contributed by atoms with E-state index in [1.54, 1.807) is 12.1 Å². The van der Waals surface area contributed by atoms with Crippen molar-refractivity contribution in [3.63, 3.8) is 0 Å². The summed E-state index contributed by atoms with van der Waals surface area (Å²) >= 11 is 3.17. The maximum atomic E-state index is 13.3. The van der Waals surface area contributed by atoms with Gasteiger partial charge in [0.25, 0.3) is 0 Å². The fraction of sp³-hybridized carbons (Fsp3) is 0.294. The molecule has 1 N–H and O–H groups in total. The Bertz CT molecular complexity index is 616. The van der Waals surface area contributed by atoms with Crippen LogP contribution in [0.25, 0.3) is 0 Å². The van der Waals surface area contributed by atoms with Gasteiger partial charge in [-0.05, 0) is 60.1 Å². The highest BCUT2D eigenvalue weighted by molar-refractivity contribution is 9.10. The van der Waals surface area contributed by atoms with E-state index in [0.717, 1.165) is 30.8 Å². The normalized spacial score (nSPS) is 10.7. The summed E-state index contributed by atoms with van der Waals surface area (Å²) in [4.78, 5) is 0. The summed E-state index contributed by atoms with van der Waals surface area (Å²) in [5.41, 5.74) is 2.29. The molecule has 0 atom stereocenters. The summed E-state index contributed by atoms with van der Waals surface area (Å²) in [5, 5.41) is 3.38. The number of halogens is 2. The van der Waals surface area contributed by atoms with Crippen LogP contribution in [-0.2, 0) is 6.54 Å². The SMILES string of the molecule is CCCNCc1cc(C)ccc1Oc1ccc(F)c(Br)c1. The molecule has 0 amide bonds. The first kappa shape index (κ1) is 16.0. The van der Waals surface area contributed by atoms with Crippen LogP contribution in [0.1, 0.15) is 24.5 Å². The highest BCUT2D eigenvalue weighted by atomic mass is 79.9. The molecule has 112 valence electrons. The molecule has 0 saturated carbocycles. The Morgan fingerprint density at radius 1 is 1.19 bits per heavy atom. The predicted octanol–water partition coefficient (Wildman–Crippen LogP) is 5.19. The van der Waals surface area contributed by atoms with Gasteiger partial charge < -0.3 is 10.1 Å². The van der Waals surface area contributed by atoms with Gasteiger partial charge in [0.05, 0.1) is 4.47 Å². The number of rotatable bonds is 6. The van der Waals surface area contributed by atoms with Gasteiger partial charge in [0.1, 0.15) is 17.3 Å². The highest BCUT2D eigenvalue weighted by Gasteiger charge is 2.07. The quantitative estimate of drug-likeness (QED) is 0.723. The van der Waals surface area contributed by atoms with E-state index < -0.39 is 0 Å². The van der Waals surface area contributed by atoms with Gasteiger partial charge in [0.15, 0.2) is 0 Å². The van der Waals surface area contributed by atoms with E-state index in [1.165, 1.54) is 11.6 Å². The summed E-state index contributed by atoms with van der Waals surface area (Å²) in [7, 11) is 0. The first-order valence-corrected chi connectivity index (χ1v) is 7.82. The molecule has 2 nitrogen and oxygen atoms in total. The zero-order valence-electron chi connectivity index (χ0n) is 12.2. The van der Waals surface area contributed by atoms with Crippen molar-refractivity contribution < 1.29 is 9.13 Å². The second-order valence-electron chi connectivity index (χ2n) is 4.97. The predicted molar refractivity (Wildman–Crippen MR) is 87.4 cm³/mol. The molecule has 4 heteroatoms. The lowest BCUT2D eigenvalue weighted by atomic mass is 10.1. The van der Waals surface area contributed by atoms with Gasteiger partial charge in [0, 0.05) is 12.1 Å². The van der Waals surface area contributed by atoms with Gasteiger partial charge in [0.2, 0.25) is 0 Å². The van der Waals surface area contributed by atoms with E-state index in [2.05, 4.69) is 41.2 Å². The van der Waals surface area contributed by atoms with Crippen LogP contribution in [0.15, 0.2) is 40.9 Å². The molecule has 0 unspecified atom stereocenters. The lowest BCUT2D eigenvalue weighted by Gasteiger charge is -2.13. The largest absolute Gasteiger partial charge is 0.457 e. The standard InChI is InChI=1S/C17H19BrFNO/c1-3-8-20-11-13-9-12(2)4-7-17(13)21-14-5-6-16(19)15(18)10-14/h4-7,9-10,20H,3,8,11H2,1-2H3. The fourth-order valence-electron chi connectivity index (χ4n) is 2.01. The maximum absolute atomic E-state index is 13.3. The van der Waals surface area contributed by atoms with E-state index in [-0.39, 0.29) is 5.82 Å². The third kappa shape index (κ3) is 4.55. The van der Waals surface area contributed by atoms with Crippen LogP contribution in [0.3, 0.4) is 0 Å². The minimum Gasteiger partial charge on any atom is -0.457 e. The Balaban J connectivity index is 2.19. The third-order valence-electron chi connectivity index (χ3n) is 3.08. The first-order chi connectivity index (χ1) is 10.1. The Kier molecular flexibility index (Phi) is 5.76. The van der Waals surface area contributed by atoms with Gasteiger partial charge >= 0.3 is 0 Å². The molecular weight excluding hydrogens is 333 g/mol. The van der Waals surface area contributed by atoms with Crippen LogP contribution in [-0.4, -0.2) is 6.54 Å². The molecule has 0 radical (unpaired) electrons. The average molecular weight is 352 g/mol. The van der Waals surface area contributed by atoms with Crippen LogP contribution < -0.4 is 10.1 Å². The molecule has 0 heterocycles. The monoisotopic (exact) mass is 351 g/mol. The van der Waals surface area contributed by atoms with Crippen molar-refractivity contribution in [2.24, 2.45) is 0 Å². The van der Waals surface area contributed by atoms with Gasteiger partial charge in [-0.3, -0.25) is 0 Å². The number of nitrogens with one attached hydrogen (secondary N) is 1. The van der Waals surface area contributed by atoms with E-state index in [9.17, 15) is 4.39 Å². The zero-order valence-corrected chi connectivity index (χ0v) is 13.8. The molecule has 0 spiro atoms. The van der Waals surface area contributed by atoms with Crippen molar-refractivity contribution in [1.29, 1.82) is 0 Å². The number of aryl methyl sites for hydroxylation is 1. The van der Waals surface area contributed by atoms with Crippen LogP contribution >= 0.6 is 15.9 Å². The van der Waals surface area contributed by atoms with Crippen LogP contribution in [0.2, 0.25) is 0 Å². The van der Waals surface area contributed by atoms with E-state index in [0.29, 0.717) is 10.2 Å². The van der Waals surface area contributed by atoms with E-state index in [4.69, 9.17) is 4.74 Å². The molecule has 0 fully saturated rings. The van der Waals surface area contributed by atoms with Crippen molar-refractivity contribution >= 4 is 15.9 Å². The zero-order chi connectivity index (χ0) is 15.2. The Hall–Kier alpha value is -1.39. The average Bonchev–Trinajstić information content (AvgIpc) is 2.46. The van der Waals surface area contributed by atoms with E-state index in [1.807, 2.05) is 12.1 Å². The number of hydrogen-bond donors (Lipinski definition) is 1. The summed E-state index contributed by atoms with van der Waals surface area (Å²) in [6, 6.07) is 10.7. The molecule has 0 saturated heterocycles. The minimum absolute atomic E-state index is 0.295. The molecule has 2 aromatic carbocycles. The Morgan fingerprint density at radius 2 is 2.00 bits per heavy atom. The maximum Gasteiger partial charge on any atom is 0.137 e. The lowest BCUT2D eigenvalue weighted by molar-refractivity contribution is 0.470. The van der Waals surface area contributed by atoms with Gasteiger partial charge in [-0.1, -0.05) is 24.6 Å². The van der Waals surface area contributed by atoms with Crippen molar-refractivity contribution in [1.82, 2.24) is 5.32 Å². The van der Waals surface area contributed by atoms with Crippen LogP contribution in [0, 0.1) is 12.7 Å². The van der Waals surface area contributed by atoms with E-state index >= 15 is 0 Å². The molecule has 0 aromatic heterocycles. The molecule has 0 aliphatic rings. The number of hydrogen-bond acceptors (Lipinski definition) is 2. The topological polar surface area (TPSA) is 21.3 Å². The highest BCUT2D eigenvalue weighted by Crippen LogP contribution is 2.29. The Morgan fingerprint density at radius 3 is 2.71 bits per heavy atom. The van der Waals surface area contributed by atoms with Gasteiger partial charge in [-0.15, -0.1) is 0 Å². The van der Waals surface area contributed by atoms with Crippen LogP contribution in [0.4, 0.5) is 4.39 Å². The first-order valence-electron chi connectivity index (χ1n) is 7.03. The van der Waals surface area contributed by atoms with Gasteiger partial charge in [-0.2, -0.15) is 0 Å². The molecule has 21 heavy (non-hydrogen) atoms. The van der Waals surface area contributed by atoms with Crippen molar-refractivity contribution in [3.8, 4) is 11.5 Å². The second kappa shape index (κ2) is 7.57. The molecule has 0 aliphatic heterocycles. The summed E-state index contributed by atoms with van der Waals surface area (Å²) in [5.74, 6) is 1.11. The summed E-state index contributed by atoms with van der Waals surface area (Å²) in [6.07, 6.45) is 1.09. The van der Waals surface area contributed by atoms with Crippen molar-refractivity contribution in [2.45, 2.75) is 26.8 Å². The minimum atomic E-state index is -0.295. The number of ether oxygens (including phenoxy) is 1. The van der Waals surface area contributed by atoms with Crippen LogP contribution in [0.5, 0.6) is 11.5 Å². The summed E-state index contributed by atoms with van der Waals surface area (Å²) in [6.45, 7) is 5.92. The molecule has 2 rings (SSSR count). The lowest BCUT2D eigenvalue weighted by Crippen LogP contribution is -2.14. The third-order valence-corrected chi connectivity index (χ3v) is 3.68. The molecular formula is C17H19BrFNO. The van der Waals surface area contributed by atoms with Crippen molar-refractivity contribution in [3.05, 3.63) is 57.8 Å². The van der Waals surface area contributed by atoms with Crippen molar-refractivity contribution in [2.75, 3.05) is 6.54 Å². The smallest absolute Gasteiger partial charge is 0.137 e. The summed E-state index contributed by atoms with van der Waals surface area (Å²) < 4.78 is 19.6.